The number of pyridine rings is 2. The zero-order valence-electron chi connectivity index (χ0n) is 11.5. The molecule has 21 heavy (non-hydrogen) atoms. The molecule has 5 heteroatoms. The van der Waals surface area contributed by atoms with Gasteiger partial charge in [-0.3, -0.25) is 15.1 Å². The number of aromatic nitrogens is 5. The van der Waals surface area contributed by atoms with Crippen LogP contribution in [-0.4, -0.2) is 25.1 Å². The second kappa shape index (κ2) is 5.09. The van der Waals surface area contributed by atoms with E-state index in [0.29, 0.717) is 5.92 Å². The lowest BCUT2D eigenvalue weighted by Gasteiger charge is -2.02. The fourth-order valence-corrected chi connectivity index (χ4v) is 2.32. The van der Waals surface area contributed by atoms with Gasteiger partial charge in [-0.05, 0) is 36.6 Å². The molecule has 5 nitrogen and oxygen atoms in total. The van der Waals surface area contributed by atoms with E-state index >= 15 is 0 Å². The van der Waals surface area contributed by atoms with Crippen LogP contribution in [0.1, 0.15) is 36.0 Å². The summed E-state index contributed by atoms with van der Waals surface area (Å²) in [4.78, 5) is 13.2. The molecule has 0 aliphatic heterocycles. The second-order valence-electron chi connectivity index (χ2n) is 5.38. The van der Waals surface area contributed by atoms with Crippen molar-refractivity contribution in [2.45, 2.75) is 25.2 Å². The Labute approximate surface area is 122 Å². The standard InChI is InChI=1S/C16H15N5/c1-2-13(10-17-7-1)14-6-3-11(9-18-14)8-15-19-16(21-20-15)12-4-5-12/h1-3,6-7,9-10,12H,4-5,8H2,(H,19,20,21). The lowest BCUT2D eigenvalue weighted by molar-refractivity contribution is 0.932. The van der Waals surface area contributed by atoms with Gasteiger partial charge in [0.05, 0.1) is 5.69 Å². The number of hydrogen-bond donors (Lipinski definition) is 1. The van der Waals surface area contributed by atoms with Crippen molar-refractivity contribution in [1.82, 2.24) is 25.1 Å². The summed E-state index contributed by atoms with van der Waals surface area (Å²) in [5.74, 6) is 2.46. The summed E-state index contributed by atoms with van der Waals surface area (Å²) < 4.78 is 0. The lowest BCUT2D eigenvalue weighted by atomic mass is 10.1. The summed E-state index contributed by atoms with van der Waals surface area (Å²) in [6.45, 7) is 0. The molecule has 1 saturated carbocycles. The number of rotatable bonds is 4. The molecular formula is C16H15N5. The maximum atomic E-state index is 4.54. The molecular weight excluding hydrogens is 262 g/mol. The van der Waals surface area contributed by atoms with E-state index in [0.717, 1.165) is 34.9 Å². The van der Waals surface area contributed by atoms with Gasteiger partial charge in [-0.15, -0.1) is 0 Å². The van der Waals surface area contributed by atoms with E-state index < -0.39 is 0 Å². The van der Waals surface area contributed by atoms with Gasteiger partial charge < -0.3 is 0 Å². The predicted octanol–water partition coefficient (Wildman–Crippen LogP) is 2.73. The maximum Gasteiger partial charge on any atom is 0.153 e. The SMILES string of the molecule is c1cncc(-c2ccc(Cc3nc(C4CC4)n[nH]3)cn2)c1. The molecule has 1 fully saturated rings. The molecule has 0 saturated heterocycles. The van der Waals surface area contributed by atoms with E-state index in [1.54, 1.807) is 6.20 Å². The maximum absolute atomic E-state index is 4.54. The Kier molecular flexibility index (Phi) is 2.96. The topological polar surface area (TPSA) is 67.3 Å². The zero-order chi connectivity index (χ0) is 14.1. The fraction of sp³-hybridized carbons (Fsp3) is 0.250. The highest BCUT2D eigenvalue weighted by atomic mass is 15.2. The van der Waals surface area contributed by atoms with Crippen molar-refractivity contribution in [2.75, 3.05) is 0 Å². The molecule has 0 spiro atoms. The van der Waals surface area contributed by atoms with Crippen molar-refractivity contribution in [3.05, 3.63) is 60.1 Å². The van der Waals surface area contributed by atoms with Gasteiger partial charge in [0.2, 0.25) is 0 Å². The van der Waals surface area contributed by atoms with Crippen molar-refractivity contribution in [1.29, 1.82) is 0 Å². The van der Waals surface area contributed by atoms with Crippen molar-refractivity contribution in [2.24, 2.45) is 0 Å². The summed E-state index contributed by atoms with van der Waals surface area (Å²) in [6, 6.07) is 8.02. The number of nitrogens with one attached hydrogen (secondary N) is 1. The molecule has 3 heterocycles. The first-order chi connectivity index (χ1) is 10.4. The minimum atomic E-state index is 0.584. The van der Waals surface area contributed by atoms with Gasteiger partial charge in [-0.25, -0.2) is 4.98 Å². The van der Waals surface area contributed by atoms with E-state index in [9.17, 15) is 0 Å². The van der Waals surface area contributed by atoms with Crippen LogP contribution in [0.15, 0.2) is 42.9 Å². The molecule has 0 aromatic carbocycles. The third kappa shape index (κ3) is 2.67. The molecule has 0 atom stereocenters. The molecule has 3 aromatic rings. The Morgan fingerprint density at radius 1 is 1.14 bits per heavy atom. The van der Waals surface area contributed by atoms with E-state index in [1.165, 1.54) is 12.8 Å². The monoisotopic (exact) mass is 277 g/mol. The van der Waals surface area contributed by atoms with Gasteiger partial charge in [0.15, 0.2) is 5.82 Å². The Morgan fingerprint density at radius 3 is 2.81 bits per heavy atom. The van der Waals surface area contributed by atoms with Crippen molar-refractivity contribution >= 4 is 0 Å². The lowest BCUT2D eigenvalue weighted by Crippen LogP contribution is -1.93. The predicted molar refractivity (Wildman–Crippen MR) is 78.6 cm³/mol. The first-order valence-corrected chi connectivity index (χ1v) is 7.15. The van der Waals surface area contributed by atoms with Crippen LogP contribution < -0.4 is 0 Å². The van der Waals surface area contributed by atoms with E-state index in [2.05, 4.69) is 31.2 Å². The van der Waals surface area contributed by atoms with Crippen molar-refractivity contribution < 1.29 is 0 Å². The van der Waals surface area contributed by atoms with Crippen LogP contribution in [0.3, 0.4) is 0 Å². The minimum absolute atomic E-state index is 0.584. The average molecular weight is 277 g/mol. The number of aromatic amines is 1. The first-order valence-electron chi connectivity index (χ1n) is 7.15. The van der Waals surface area contributed by atoms with Gasteiger partial charge in [-0.1, -0.05) is 6.07 Å². The zero-order valence-corrected chi connectivity index (χ0v) is 11.5. The third-order valence-corrected chi connectivity index (χ3v) is 3.65. The van der Waals surface area contributed by atoms with E-state index in [4.69, 9.17) is 0 Å². The highest BCUT2D eigenvalue weighted by Gasteiger charge is 2.27. The summed E-state index contributed by atoms with van der Waals surface area (Å²) in [5, 5.41) is 7.30. The first kappa shape index (κ1) is 12.2. The largest absolute Gasteiger partial charge is 0.264 e. The summed E-state index contributed by atoms with van der Waals surface area (Å²) in [6.07, 6.45) is 8.65. The molecule has 1 N–H and O–H groups in total. The van der Waals surface area contributed by atoms with Crippen molar-refractivity contribution in [3.63, 3.8) is 0 Å². The number of nitrogens with zero attached hydrogens (tertiary/aromatic N) is 4. The highest BCUT2D eigenvalue weighted by molar-refractivity contribution is 5.57. The number of hydrogen-bond acceptors (Lipinski definition) is 4. The molecule has 3 aromatic heterocycles. The molecule has 104 valence electrons. The van der Waals surface area contributed by atoms with Crippen LogP contribution in [-0.2, 0) is 6.42 Å². The van der Waals surface area contributed by atoms with Crippen LogP contribution in [0.25, 0.3) is 11.3 Å². The van der Waals surface area contributed by atoms with Crippen LogP contribution >= 0.6 is 0 Å². The van der Waals surface area contributed by atoms with Gasteiger partial charge >= 0.3 is 0 Å². The van der Waals surface area contributed by atoms with Crippen LogP contribution in [0, 0.1) is 0 Å². The Hall–Kier alpha value is -2.56. The van der Waals surface area contributed by atoms with Gasteiger partial charge in [0.25, 0.3) is 0 Å². The molecule has 0 bridgehead atoms. The molecule has 0 radical (unpaired) electrons. The quantitative estimate of drug-likeness (QED) is 0.796. The smallest absolute Gasteiger partial charge is 0.153 e. The van der Waals surface area contributed by atoms with E-state index in [-0.39, 0.29) is 0 Å². The second-order valence-corrected chi connectivity index (χ2v) is 5.38. The summed E-state index contributed by atoms with van der Waals surface area (Å²) in [7, 11) is 0. The number of H-pyrrole nitrogens is 1. The Balaban J connectivity index is 1.50. The molecule has 4 rings (SSSR count). The van der Waals surface area contributed by atoms with Crippen LogP contribution in [0.2, 0.25) is 0 Å². The normalized spacial score (nSPS) is 14.3. The summed E-state index contributed by atoms with van der Waals surface area (Å²) in [5.41, 5.74) is 3.09. The Morgan fingerprint density at radius 2 is 2.10 bits per heavy atom. The van der Waals surface area contributed by atoms with Crippen molar-refractivity contribution in [3.8, 4) is 11.3 Å². The van der Waals surface area contributed by atoms with Gasteiger partial charge in [0.1, 0.15) is 5.82 Å². The minimum Gasteiger partial charge on any atom is -0.264 e. The Bertz CT molecular complexity index is 729. The van der Waals surface area contributed by atoms with Crippen LogP contribution in [0.4, 0.5) is 0 Å². The molecule has 0 unspecified atom stereocenters. The molecule has 1 aliphatic rings. The average Bonchev–Trinajstić information content (AvgIpc) is 3.29. The van der Waals surface area contributed by atoms with Crippen LogP contribution in [0.5, 0.6) is 0 Å². The fourth-order valence-electron chi connectivity index (χ4n) is 2.32. The van der Waals surface area contributed by atoms with E-state index in [1.807, 2.05) is 30.6 Å². The molecule has 1 aliphatic carbocycles. The summed E-state index contributed by atoms with van der Waals surface area (Å²) >= 11 is 0. The van der Waals surface area contributed by atoms with Gasteiger partial charge in [-0.2, -0.15) is 5.10 Å². The third-order valence-electron chi connectivity index (χ3n) is 3.65. The van der Waals surface area contributed by atoms with Gasteiger partial charge in [0, 0.05) is 36.5 Å². The highest BCUT2D eigenvalue weighted by Crippen LogP contribution is 2.37. The molecule has 0 amide bonds.